The maximum absolute atomic E-state index is 16.0. The van der Waals surface area contributed by atoms with Crippen LogP contribution < -0.4 is 14.4 Å². The fraction of sp³-hybridized carbons (Fsp3) is 0.458. The summed E-state index contributed by atoms with van der Waals surface area (Å²) in [5, 5.41) is 0. The predicted octanol–water partition coefficient (Wildman–Crippen LogP) is 7.29. The quantitative estimate of drug-likeness (QED) is 0.386. The second kappa shape index (κ2) is 10.1. The van der Waals surface area contributed by atoms with Gasteiger partial charge in [-0.2, -0.15) is 26.3 Å². The van der Waals surface area contributed by atoms with Gasteiger partial charge in [-0.15, -0.1) is 0 Å². The lowest BCUT2D eigenvalue weighted by Gasteiger charge is -2.40. The molecule has 3 unspecified atom stereocenters. The van der Waals surface area contributed by atoms with Crippen LogP contribution in [0, 0.1) is 0 Å². The van der Waals surface area contributed by atoms with Gasteiger partial charge in [0.25, 0.3) is 0 Å². The van der Waals surface area contributed by atoms with Crippen LogP contribution in [0.25, 0.3) is 0 Å². The topological polar surface area (TPSA) is 48.0 Å². The van der Waals surface area contributed by atoms with Gasteiger partial charge < -0.3 is 14.2 Å². The van der Waals surface area contributed by atoms with E-state index in [2.05, 4.69) is 0 Å². The molecule has 1 aliphatic rings. The molecule has 3 atom stereocenters. The third kappa shape index (κ3) is 5.31. The molecule has 0 aromatic heterocycles. The van der Waals surface area contributed by atoms with Crippen molar-refractivity contribution in [3.8, 4) is 11.5 Å². The molecule has 12 heteroatoms. The highest BCUT2D eigenvalue weighted by atomic mass is 19.4. The number of anilines is 1. The summed E-state index contributed by atoms with van der Waals surface area (Å²) < 4.78 is 112. The average Bonchev–Trinajstić information content (AvgIpc) is 2.80. The Hall–Kier alpha value is -3.18. The van der Waals surface area contributed by atoms with Crippen molar-refractivity contribution < 1.29 is 49.7 Å². The van der Waals surface area contributed by atoms with Gasteiger partial charge in [0.05, 0.1) is 37.6 Å². The van der Waals surface area contributed by atoms with Gasteiger partial charge in [-0.05, 0) is 55.7 Å². The number of fused-ring (bicyclic) bond motifs is 1. The van der Waals surface area contributed by atoms with E-state index in [0.29, 0.717) is 12.1 Å². The van der Waals surface area contributed by atoms with E-state index in [9.17, 15) is 31.1 Å². The number of amides is 1. The molecular formula is C24H24F7NO4. The normalized spacial score (nSPS) is 18.9. The van der Waals surface area contributed by atoms with Gasteiger partial charge in [0.1, 0.15) is 6.17 Å². The predicted molar refractivity (Wildman–Crippen MR) is 116 cm³/mol. The van der Waals surface area contributed by atoms with Crippen molar-refractivity contribution in [2.75, 3.05) is 25.7 Å². The zero-order valence-corrected chi connectivity index (χ0v) is 19.8. The van der Waals surface area contributed by atoms with Crippen molar-refractivity contribution in [1.82, 2.24) is 0 Å². The maximum atomic E-state index is 16.0. The summed E-state index contributed by atoms with van der Waals surface area (Å²) in [6.07, 6.45) is -13.4. The zero-order chi connectivity index (χ0) is 27.0. The van der Waals surface area contributed by atoms with Crippen LogP contribution >= 0.6 is 0 Å². The van der Waals surface area contributed by atoms with Crippen molar-refractivity contribution in [1.29, 1.82) is 0 Å². The van der Waals surface area contributed by atoms with Gasteiger partial charge in [-0.3, -0.25) is 4.90 Å². The number of hydrogen-bond acceptors (Lipinski definition) is 4. The Morgan fingerprint density at radius 1 is 0.972 bits per heavy atom. The zero-order valence-electron chi connectivity index (χ0n) is 19.8. The Morgan fingerprint density at radius 2 is 1.50 bits per heavy atom. The van der Waals surface area contributed by atoms with Crippen LogP contribution in [0.15, 0.2) is 30.3 Å². The van der Waals surface area contributed by atoms with Gasteiger partial charge in [-0.25, -0.2) is 9.18 Å². The standard InChI is InChI=1S/C24H24F7NO4/c1-5-36-22(33)32-12(2)6-17(16-10-19(34-3)20(35-4)11-18(16)32)21(25)13-7-14(23(26,27)28)9-15(8-13)24(29,30)31/h7-12,17,21H,5-6H2,1-4H3. The summed E-state index contributed by atoms with van der Waals surface area (Å²) in [5.74, 6) is -0.871. The average molecular weight is 523 g/mol. The van der Waals surface area contributed by atoms with E-state index in [-0.39, 0.29) is 41.8 Å². The summed E-state index contributed by atoms with van der Waals surface area (Å²) in [4.78, 5) is 13.9. The first-order valence-electron chi connectivity index (χ1n) is 10.9. The number of alkyl halides is 7. The molecule has 1 aliphatic heterocycles. The number of methoxy groups -OCH3 is 2. The van der Waals surface area contributed by atoms with E-state index in [1.165, 1.54) is 31.3 Å². The van der Waals surface area contributed by atoms with Crippen LogP contribution in [-0.4, -0.2) is 33.0 Å². The Morgan fingerprint density at radius 3 is 1.97 bits per heavy atom. The molecule has 5 nitrogen and oxygen atoms in total. The maximum Gasteiger partial charge on any atom is 0.416 e. The number of carbonyl (C=O) groups is 1. The highest BCUT2D eigenvalue weighted by Crippen LogP contribution is 2.51. The first kappa shape index (κ1) is 27.4. The lowest BCUT2D eigenvalue weighted by Crippen LogP contribution is -2.44. The molecule has 0 saturated heterocycles. The van der Waals surface area contributed by atoms with Crippen LogP contribution in [-0.2, 0) is 17.1 Å². The molecule has 198 valence electrons. The first-order valence-corrected chi connectivity index (χ1v) is 10.9. The lowest BCUT2D eigenvalue weighted by molar-refractivity contribution is -0.143. The van der Waals surface area contributed by atoms with E-state index in [1.807, 2.05) is 0 Å². The van der Waals surface area contributed by atoms with E-state index in [0.717, 1.165) is 0 Å². The molecule has 2 aromatic carbocycles. The van der Waals surface area contributed by atoms with Crippen LogP contribution in [0.4, 0.5) is 41.2 Å². The molecule has 0 aliphatic carbocycles. The summed E-state index contributed by atoms with van der Waals surface area (Å²) in [5.41, 5.74) is -3.70. The molecule has 0 bridgehead atoms. The number of ether oxygens (including phenoxy) is 3. The minimum absolute atomic E-state index is 0.0459. The first-order chi connectivity index (χ1) is 16.7. The number of hydrogen-bond donors (Lipinski definition) is 0. The summed E-state index contributed by atoms with van der Waals surface area (Å²) in [7, 11) is 2.64. The molecule has 1 heterocycles. The van der Waals surface area contributed by atoms with Crippen molar-refractivity contribution in [3.63, 3.8) is 0 Å². The molecule has 0 radical (unpaired) electrons. The van der Waals surface area contributed by atoms with Crippen molar-refractivity contribution in [2.45, 2.75) is 50.8 Å². The third-order valence-electron chi connectivity index (χ3n) is 5.97. The summed E-state index contributed by atoms with van der Waals surface area (Å²) >= 11 is 0. The van der Waals surface area contributed by atoms with Crippen molar-refractivity contribution in [3.05, 3.63) is 52.6 Å². The van der Waals surface area contributed by atoms with Crippen molar-refractivity contribution >= 4 is 11.8 Å². The van der Waals surface area contributed by atoms with Gasteiger partial charge >= 0.3 is 18.4 Å². The van der Waals surface area contributed by atoms with Crippen LogP contribution in [0.5, 0.6) is 11.5 Å². The highest BCUT2D eigenvalue weighted by molar-refractivity contribution is 5.91. The van der Waals surface area contributed by atoms with Crippen LogP contribution in [0.2, 0.25) is 0 Å². The lowest BCUT2D eigenvalue weighted by atomic mass is 9.80. The van der Waals surface area contributed by atoms with Gasteiger partial charge in [0, 0.05) is 18.0 Å². The molecule has 0 N–H and O–H groups in total. The molecular weight excluding hydrogens is 499 g/mol. The molecule has 0 fully saturated rings. The van der Waals surface area contributed by atoms with Crippen molar-refractivity contribution in [2.24, 2.45) is 0 Å². The number of nitrogens with zero attached hydrogens (tertiary/aromatic N) is 1. The number of benzene rings is 2. The number of halogens is 7. The largest absolute Gasteiger partial charge is 0.493 e. The number of carbonyl (C=O) groups excluding carboxylic acids is 1. The smallest absolute Gasteiger partial charge is 0.416 e. The number of rotatable bonds is 5. The Bertz CT molecular complexity index is 1080. The van der Waals surface area contributed by atoms with Gasteiger partial charge in [0.15, 0.2) is 11.5 Å². The SMILES string of the molecule is CCOC(=O)N1c2cc(OC)c(OC)cc2C(C(F)c2cc(C(F)(F)F)cc(C(F)(F)F)c2)CC1C. The summed E-state index contributed by atoms with van der Waals surface area (Å²) in [6.45, 7) is 3.21. The highest BCUT2D eigenvalue weighted by Gasteiger charge is 2.42. The van der Waals surface area contributed by atoms with E-state index >= 15 is 4.39 Å². The second-order valence-electron chi connectivity index (χ2n) is 8.27. The van der Waals surface area contributed by atoms with Gasteiger partial charge in [0.2, 0.25) is 0 Å². The molecule has 0 saturated carbocycles. The fourth-order valence-corrected chi connectivity index (χ4v) is 4.35. The van der Waals surface area contributed by atoms with E-state index < -0.39 is 53.3 Å². The molecule has 2 aromatic rings. The van der Waals surface area contributed by atoms with Gasteiger partial charge in [-0.1, -0.05) is 0 Å². The second-order valence-corrected chi connectivity index (χ2v) is 8.27. The molecule has 0 spiro atoms. The van der Waals surface area contributed by atoms with Crippen LogP contribution in [0.3, 0.4) is 0 Å². The molecule has 1 amide bonds. The van der Waals surface area contributed by atoms with Crippen LogP contribution in [0.1, 0.15) is 54.6 Å². The molecule has 36 heavy (non-hydrogen) atoms. The minimum atomic E-state index is -5.12. The minimum Gasteiger partial charge on any atom is -0.493 e. The summed E-state index contributed by atoms with van der Waals surface area (Å²) in [6, 6.07) is 2.76. The molecule has 3 rings (SSSR count). The van der Waals surface area contributed by atoms with E-state index in [4.69, 9.17) is 14.2 Å². The Balaban J connectivity index is 2.20. The Labute approximate surface area is 202 Å². The third-order valence-corrected chi connectivity index (χ3v) is 5.97. The monoisotopic (exact) mass is 523 g/mol. The van der Waals surface area contributed by atoms with E-state index in [1.54, 1.807) is 13.8 Å². The fourth-order valence-electron chi connectivity index (χ4n) is 4.35. The Kier molecular flexibility index (Phi) is 7.66.